The first kappa shape index (κ1) is 35.3. The second-order valence-electron chi connectivity index (χ2n) is 11.1. The SMILES string of the molecule is CCCCCCCCCCCCCCCC(=O)OCC1OC(CO)(OC2OC(CO)C(O)C(O)C2O)C(O)C1O. The Morgan fingerprint density at radius 2 is 1.27 bits per heavy atom. The summed E-state index contributed by atoms with van der Waals surface area (Å²) in [6.45, 7) is 0.129. The molecule has 2 rings (SSSR count). The average Bonchev–Trinajstić information content (AvgIpc) is 3.19. The number of unbranched alkanes of at least 4 members (excludes halogenated alkanes) is 12. The van der Waals surface area contributed by atoms with Crippen molar-refractivity contribution in [3.8, 4) is 0 Å². The van der Waals surface area contributed by atoms with Gasteiger partial charge in [-0.3, -0.25) is 4.79 Å². The minimum Gasteiger partial charge on any atom is -0.463 e. The second-order valence-corrected chi connectivity index (χ2v) is 11.1. The van der Waals surface area contributed by atoms with E-state index >= 15 is 0 Å². The Balaban J connectivity index is 1.65. The van der Waals surface area contributed by atoms with E-state index in [9.17, 15) is 40.5 Å². The van der Waals surface area contributed by atoms with Crippen molar-refractivity contribution in [3.05, 3.63) is 0 Å². The highest BCUT2D eigenvalue weighted by Gasteiger charge is 2.58. The molecule has 0 spiro atoms. The summed E-state index contributed by atoms with van der Waals surface area (Å²) >= 11 is 0. The number of hydrogen-bond donors (Lipinski definition) is 7. The van der Waals surface area contributed by atoms with Crippen LogP contribution in [0.3, 0.4) is 0 Å². The molecule has 9 unspecified atom stereocenters. The number of carbonyl (C=O) groups is 1. The van der Waals surface area contributed by atoms with Gasteiger partial charge in [0, 0.05) is 6.42 Å². The molecule has 0 aliphatic carbocycles. The standard InChI is InChI=1S/C28H52O12/c1-2-3-4-5-6-7-8-9-10-11-12-13-14-15-21(31)37-17-20-23(33)26(36)28(18-30,39-20)40-27-25(35)24(34)22(32)19(16-29)38-27/h19-20,22-27,29-30,32-36H,2-18H2,1H3. The maximum Gasteiger partial charge on any atom is 0.305 e. The van der Waals surface area contributed by atoms with Crippen molar-refractivity contribution >= 4 is 5.97 Å². The van der Waals surface area contributed by atoms with Crippen LogP contribution in [0.5, 0.6) is 0 Å². The van der Waals surface area contributed by atoms with Crippen LogP contribution in [-0.2, 0) is 23.7 Å². The van der Waals surface area contributed by atoms with Crippen molar-refractivity contribution in [2.45, 2.75) is 152 Å². The molecule has 12 nitrogen and oxygen atoms in total. The fourth-order valence-electron chi connectivity index (χ4n) is 5.15. The third-order valence-corrected chi connectivity index (χ3v) is 7.78. The van der Waals surface area contributed by atoms with Gasteiger partial charge < -0.3 is 54.7 Å². The van der Waals surface area contributed by atoms with E-state index in [0.717, 1.165) is 19.3 Å². The average molecular weight is 581 g/mol. The number of carbonyl (C=O) groups excluding carboxylic acids is 1. The number of aliphatic hydroxyl groups excluding tert-OH is 7. The van der Waals surface area contributed by atoms with Gasteiger partial charge in [-0.2, -0.15) is 0 Å². The predicted octanol–water partition coefficient (Wildman–Crippen LogP) is 0.637. The molecule has 2 aliphatic rings. The van der Waals surface area contributed by atoms with Gasteiger partial charge in [-0.25, -0.2) is 0 Å². The summed E-state index contributed by atoms with van der Waals surface area (Å²) in [5.74, 6) is -2.76. The summed E-state index contributed by atoms with van der Waals surface area (Å²) in [5, 5.41) is 70.3. The highest BCUT2D eigenvalue weighted by molar-refractivity contribution is 5.69. The normalized spacial score (nSPS) is 34.3. The molecule has 0 radical (unpaired) electrons. The summed E-state index contributed by atoms with van der Waals surface area (Å²) < 4.78 is 21.4. The number of rotatable bonds is 20. The summed E-state index contributed by atoms with van der Waals surface area (Å²) in [6.07, 6.45) is 2.77. The monoisotopic (exact) mass is 580 g/mol. The second kappa shape index (κ2) is 18.6. The quantitative estimate of drug-likeness (QED) is 0.0785. The molecule has 12 heteroatoms. The van der Waals surface area contributed by atoms with E-state index in [1.54, 1.807) is 0 Å². The van der Waals surface area contributed by atoms with E-state index in [1.807, 2.05) is 0 Å². The molecular formula is C28H52O12. The first-order valence-electron chi connectivity index (χ1n) is 15.0. The number of hydrogen-bond acceptors (Lipinski definition) is 12. The lowest BCUT2D eigenvalue weighted by molar-refractivity contribution is -0.383. The lowest BCUT2D eigenvalue weighted by Crippen LogP contribution is -2.62. The lowest BCUT2D eigenvalue weighted by Gasteiger charge is -2.43. The number of aliphatic hydroxyl groups is 7. The fourth-order valence-corrected chi connectivity index (χ4v) is 5.15. The van der Waals surface area contributed by atoms with E-state index < -0.39 is 80.6 Å². The maximum atomic E-state index is 12.2. The van der Waals surface area contributed by atoms with Crippen LogP contribution in [0.15, 0.2) is 0 Å². The minimum atomic E-state index is -2.28. The van der Waals surface area contributed by atoms with E-state index in [0.29, 0.717) is 6.42 Å². The molecule has 236 valence electrons. The van der Waals surface area contributed by atoms with Crippen LogP contribution in [0.2, 0.25) is 0 Å². The van der Waals surface area contributed by atoms with Gasteiger partial charge in [-0.05, 0) is 6.42 Å². The zero-order chi connectivity index (χ0) is 29.5. The van der Waals surface area contributed by atoms with Crippen LogP contribution in [0.25, 0.3) is 0 Å². The largest absolute Gasteiger partial charge is 0.463 e. The zero-order valence-corrected chi connectivity index (χ0v) is 23.8. The lowest BCUT2D eigenvalue weighted by atomic mass is 9.99. The molecule has 2 aliphatic heterocycles. The molecule has 2 saturated heterocycles. The molecule has 2 fully saturated rings. The highest BCUT2D eigenvalue weighted by atomic mass is 16.8. The molecule has 7 N–H and O–H groups in total. The Morgan fingerprint density at radius 1 is 0.725 bits per heavy atom. The topological polar surface area (TPSA) is 196 Å². The van der Waals surface area contributed by atoms with Gasteiger partial charge in [0.25, 0.3) is 0 Å². The van der Waals surface area contributed by atoms with E-state index in [4.69, 9.17) is 18.9 Å². The van der Waals surface area contributed by atoms with Gasteiger partial charge in [0.15, 0.2) is 6.29 Å². The first-order valence-corrected chi connectivity index (χ1v) is 15.0. The Labute approximate surface area is 237 Å². The van der Waals surface area contributed by atoms with E-state index in [2.05, 4.69) is 6.92 Å². The van der Waals surface area contributed by atoms with E-state index in [-0.39, 0.29) is 6.42 Å². The fraction of sp³-hybridized carbons (Fsp3) is 0.964. The maximum absolute atomic E-state index is 12.2. The molecule has 0 bridgehead atoms. The van der Waals surface area contributed by atoms with E-state index in [1.165, 1.54) is 57.8 Å². The van der Waals surface area contributed by atoms with Crippen LogP contribution in [0.4, 0.5) is 0 Å². The smallest absolute Gasteiger partial charge is 0.305 e. The molecule has 0 aromatic rings. The summed E-state index contributed by atoms with van der Waals surface area (Å²) in [7, 11) is 0. The Morgan fingerprint density at radius 3 is 1.80 bits per heavy atom. The van der Waals surface area contributed by atoms with Crippen molar-refractivity contribution in [3.63, 3.8) is 0 Å². The molecule has 2 heterocycles. The van der Waals surface area contributed by atoms with Crippen molar-refractivity contribution in [1.29, 1.82) is 0 Å². The van der Waals surface area contributed by atoms with Crippen molar-refractivity contribution in [2.75, 3.05) is 19.8 Å². The molecule has 0 aromatic heterocycles. The Bertz CT molecular complexity index is 694. The third kappa shape index (κ3) is 10.4. The van der Waals surface area contributed by atoms with Gasteiger partial charge in [-0.1, -0.05) is 84.0 Å². The van der Waals surface area contributed by atoms with Crippen LogP contribution in [0, 0.1) is 0 Å². The van der Waals surface area contributed by atoms with Gasteiger partial charge in [0.05, 0.1) is 6.61 Å². The highest BCUT2D eigenvalue weighted by Crippen LogP contribution is 2.36. The van der Waals surface area contributed by atoms with Gasteiger partial charge in [0.2, 0.25) is 5.79 Å². The van der Waals surface area contributed by atoms with Crippen LogP contribution < -0.4 is 0 Å². The minimum absolute atomic E-state index is 0.204. The van der Waals surface area contributed by atoms with Gasteiger partial charge in [-0.15, -0.1) is 0 Å². The van der Waals surface area contributed by atoms with Gasteiger partial charge >= 0.3 is 5.97 Å². The molecule has 0 aromatic carbocycles. The molecule has 9 atom stereocenters. The molecule has 0 saturated carbocycles. The first-order chi connectivity index (χ1) is 19.2. The summed E-state index contributed by atoms with van der Waals surface area (Å²) in [4.78, 5) is 12.2. The van der Waals surface area contributed by atoms with Crippen LogP contribution in [-0.4, -0.2) is 116 Å². The summed E-state index contributed by atoms with van der Waals surface area (Å²) in [6, 6.07) is 0. The Hall–Kier alpha value is -0.930. The van der Waals surface area contributed by atoms with Crippen molar-refractivity contribution in [2.24, 2.45) is 0 Å². The van der Waals surface area contributed by atoms with Crippen LogP contribution in [0.1, 0.15) is 96.8 Å². The number of ether oxygens (including phenoxy) is 4. The van der Waals surface area contributed by atoms with Crippen molar-refractivity contribution in [1.82, 2.24) is 0 Å². The van der Waals surface area contributed by atoms with Gasteiger partial charge in [0.1, 0.15) is 55.9 Å². The molecule has 0 amide bonds. The molecule has 40 heavy (non-hydrogen) atoms. The zero-order valence-electron chi connectivity index (χ0n) is 23.8. The number of esters is 1. The molecular weight excluding hydrogens is 528 g/mol. The van der Waals surface area contributed by atoms with Crippen LogP contribution >= 0.6 is 0 Å². The predicted molar refractivity (Wildman–Crippen MR) is 143 cm³/mol. The third-order valence-electron chi connectivity index (χ3n) is 7.78. The van der Waals surface area contributed by atoms with Crippen molar-refractivity contribution < 1.29 is 59.5 Å². The summed E-state index contributed by atoms with van der Waals surface area (Å²) in [5.41, 5.74) is 0. The Kier molecular flexibility index (Phi) is 16.4.